The topological polar surface area (TPSA) is 86.4 Å². The van der Waals surface area contributed by atoms with E-state index in [9.17, 15) is 14.0 Å². The van der Waals surface area contributed by atoms with Gasteiger partial charge < -0.3 is 14.5 Å². The molecule has 8 heteroatoms. The summed E-state index contributed by atoms with van der Waals surface area (Å²) in [5.74, 6) is -0.127. The number of aryl methyl sites for hydroxylation is 3. The summed E-state index contributed by atoms with van der Waals surface area (Å²) >= 11 is 0. The number of carbonyl (C=O) groups excluding carboxylic acids is 2. The lowest BCUT2D eigenvalue weighted by Gasteiger charge is -2.09. The van der Waals surface area contributed by atoms with Crippen molar-refractivity contribution in [3.8, 4) is 5.69 Å². The van der Waals surface area contributed by atoms with Crippen LogP contribution in [0.3, 0.4) is 0 Å². The van der Waals surface area contributed by atoms with Crippen molar-refractivity contribution < 1.29 is 23.1 Å². The largest absolute Gasteiger partial charge is 0.466 e. The summed E-state index contributed by atoms with van der Waals surface area (Å²) in [5, 5.41) is 6.92. The van der Waals surface area contributed by atoms with Gasteiger partial charge in [0.15, 0.2) is 6.61 Å². The molecule has 0 saturated heterocycles. The summed E-state index contributed by atoms with van der Waals surface area (Å²) < 4.78 is 24.9. The standard InChI is InChI=1S/C19H18FN3O4/c1-11-8-17(23(22-11)15-6-4-14(20)5-7-15)21-18(24)10-26-19(25)16-9-12(2)27-13(16)3/h4-9H,10H2,1-3H3,(H,21,24). The predicted octanol–water partition coefficient (Wildman–Crippen LogP) is 3.33. The molecule has 0 bridgehead atoms. The van der Waals surface area contributed by atoms with E-state index in [0.717, 1.165) is 0 Å². The Morgan fingerprint density at radius 1 is 1.19 bits per heavy atom. The van der Waals surface area contributed by atoms with Gasteiger partial charge in [-0.05, 0) is 51.1 Å². The van der Waals surface area contributed by atoms with Gasteiger partial charge in [-0.15, -0.1) is 0 Å². The number of ether oxygens (including phenoxy) is 1. The van der Waals surface area contributed by atoms with Crippen molar-refractivity contribution >= 4 is 17.7 Å². The Balaban J connectivity index is 1.67. The molecule has 0 spiro atoms. The summed E-state index contributed by atoms with van der Waals surface area (Å²) in [6.07, 6.45) is 0. The fourth-order valence-electron chi connectivity index (χ4n) is 2.59. The number of hydrogen-bond donors (Lipinski definition) is 1. The average Bonchev–Trinajstić information content (AvgIpc) is 3.15. The molecule has 0 radical (unpaired) electrons. The van der Waals surface area contributed by atoms with E-state index < -0.39 is 18.5 Å². The summed E-state index contributed by atoms with van der Waals surface area (Å²) in [7, 11) is 0. The molecule has 0 unspecified atom stereocenters. The molecule has 3 aromatic rings. The van der Waals surface area contributed by atoms with Crippen molar-refractivity contribution in [2.75, 3.05) is 11.9 Å². The van der Waals surface area contributed by atoms with E-state index in [-0.39, 0.29) is 11.4 Å². The van der Waals surface area contributed by atoms with Crippen LogP contribution in [0.1, 0.15) is 27.6 Å². The number of esters is 1. The van der Waals surface area contributed by atoms with Crippen LogP contribution in [-0.4, -0.2) is 28.3 Å². The number of rotatable bonds is 5. The number of hydrogen-bond acceptors (Lipinski definition) is 5. The summed E-state index contributed by atoms with van der Waals surface area (Å²) in [4.78, 5) is 24.2. The number of nitrogens with one attached hydrogen (secondary N) is 1. The first-order valence-corrected chi connectivity index (χ1v) is 8.20. The van der Waals surface area contributed by atoms with Gasteiger partial charge in [0, 0.05) is 6.07 Å². The van der Waals surface area contributed by atoms with Gasteiger partial charge in [0.2, 0.25) is 0 Å². The highest BCUT2D eigenvalue weighted by molar-refractivity contribution is 5.95. The number of aromatic nitrogens is 2. The molecule has 3 rings (SSSR count). The van der Waals surface area contributed by atoms with Gasteiger partial charge in [0.25, 0.3) is 5.91 Å². The van der Waals surface area contributed by atoms with Gasteiger partial charge in [-0.25, -0.2) is 13.9 Å². The van der Waals surface area contributed by atoms with Crippen molar-refractivity contribution in [3.63, 3.8) is 0 Å². The molecule has 1 aromatic carbocycles. The molecule has 140 valence electrons. The summed E-state index contributed by atoms with van der Waals surface area (Å²) in [6, 6.07) is 8.90. The molecule has 0 atom stereocenters. The fourth-order valence-corrected chi connectivity index (χ4v) is 2.59. The Morgan fingerprint density at radius 2 is 1.89 bits per heavy atom. The van der Waals surface area contributed by atoms with Crippen LogP contribution in [0, 0.1) is 26.6 Å². The van der Waals surface area contributed by atoms with Gasteiger partial charge in [0.05, 0.1) is 11.4 Å². The van der Waals surface area contributed by atoms with Crippen molar-refractivity contribution in [2.24, 2.45) is 0 Å². The van der Waals surface area contributed by atoms with Gasteiger partial charge in [0.1, 0.15) is 28.7 Å². The normalized spacial score (nSPS) is 10.7. The van der Waals surface area contributed by atoms with Crippen molar-refractivity contribution in [1.82, 2.24) is 9.78 Å². The molecule has 7 nitrogen and oxygen atoms in total. The molecule has 1 N–H and O–H groups in total. The number of amides is 1. The van der Waals surface area contributed by atoms with Crippen LogP contribution in [0.4, 0.5) is 10.2 Å². The molecular weight excluding hydrogens is 353 g/mol. The van der Waals surface area contributed by atoms with E-state index in [1.807, 2.05) is 0 Å². The lowest BCUT2D eigenvalue weighted by molar-refractivity contribution is -0.119. The molecule has 27 heavy (non-hydrogen) atoms. The number of nitrogens with zero attached hydrogens (tertiary/aromatic N) is 2. The van der Waals surface area contributed by atoms with Crippen molar-refractivity contribution in [3.05, 3.63) is 65.0 Å². The zero-order valence-corrected chi connectivity index (χ0v) is 15.1. The monoisotopic (exact) mass is 371 g/mol. The molecular formula is C19H18FN3O4. The van der Waals surface area contributed by atoms with Crippen LogP contribution in [-0.2, 0) is 9.53 Å². The van der Waals surface area contributed by atoms with E-state index in [0.29, 0.717) is 28.7 Å². The second-order valence-electron chi connectivity index (χ2n) is 6.01. The van der Waals surface area contributed by atoms with Crippen LogP contribution < -0.4 is 5.32 Å². The highest BCUT2D eigenvalue weighted by Crippen LogP contribution is 2.18. The SMILES string of the molecule is Cc1cc(NC(=O)COC(=O)c2cc(C)oc2C)n(-c2ccc(F)cc2)n1. The Bertz CT molecular complexity index is 989. The molecule has 1 amide bonds. The first kappa shape index (κ1) is 18.4. The highest BCUT2D eigenvalue weighted by atomic mass is 19.1. The number of halogens is 1. The van der Waals surface area contributed by atoms with Crippen molar-refractivity contribution in [1.29, 1.82) is 0 Å². The Kier molecular flexibility index (Phi) is 5.07. The summed E-state index contributed by atoms with van der Waals surface area (Å²) in [6.45, 7) is 4.67. The number of carbonyl (C=O) groups is 2. The maximum Gasteiger partial charge on any atom is 0.342 e. The number of anilines is 1. The minimum atomic E-state index is -0.636. The van der Waals surface area contributed by atoms with E-state index in [4.69, 9.17) is 9.15 Å². The molecule has 0 fully saturated rings. The van der Waals surface area contributed by atoms with E-state index >= 15 is 0 Å². The third kappa shape index (κ3) is 4.22. The van der Waals surface area contributed by atoms with Crippen LogP contribution in [0.5, 0.6) is 0 Å². The quantitative estimate of drug-likeness (QED) is 0.695. The number of benzene rings is 1. The zero-order chi connectivity index (χ0) is 19.6. The maximum atomic E-state index is 13.1. The second kappa shape index (κ2) is 7.45. The van der Waals surface area contributed by atoms with Crippen LogP contribution in [0.2, 0.25) is 0 Å². The first-order valence-electron chi connectivity index (χ1n) is 8.20. The lowest BCUT2D eigenvalue weighted by atomic mass is 10.2. The average molecular weight is 371 g/mol. The van der Waals surface area contributed by atoms with E-state index in [1.165, 1.54) is 16.8 Å². The van der Waals surface area contributed by atoms with Gasteiger partial charge in [-0.1, -0.05) is 0 Å². The third-order valence-electron chi connectivity index (χ3n) is 3.77. The minimum Gasteiger partial charge on any atom is -0.466 e. The van der Waals surface area contributed by atoms with Crippen LogP contribution in [0.15, 0.2) is 40.8 Å². The maximum absolute atomic E-state index is 13.1. The minimum absolute atomic E-state index is 0.285. The third-order valence-corrected chi connectivity index (χ3v) is 3.77. The lowest BCUT2D eigenvalue weighted by Crippen LogP contribution is -2.22. The van der Waals surface area contributed by atoms with Gasteiger partial charge >= 0.3 is 5.97 Å². The number of furan rings is 1. The summed E-state index contributed by atoms with van der Waals surface area (Å²) in [5.41, 5.74) is 1.53. The molecule has 0 saturated carbocycles. The van der Waals surface area contributed by atoms with E-state index in [2.05, 4.69) is 10.4 Å². The molecule has 0 aliphatic carbocycles. The van der Waals surface area contributed by atoms with Crippen LogP contribution in [0.25, 0.3) is 5.69 Å². The molecule has 2 aromatic heterocycles. The fraction of sp³-hybridized carbons (Fsp3) is 0.211. The molecule has 2 heterocycles. The predicted molar refractivity (Wildman–Crippen MR) is 95.4 cm³/mol. The Hall–Kier alpha value is -3.42. The van der Waals surface area contributed by atoms with Crippen molar-refractivity contribution in [2.45, 2.75) is 20.8 Å². The van der Waals surface area contributed by atoms with Crippen LogP contribution >= 0.6 is 0 Å². The molecule has 0 aliphatic heterocycles. The van der Waals surface area contributed by atoms with Gasteiger partial charge in [-0.2, -0.15) is 5.10 Å². The molecule has 0 aliphatic rings. The zero-order valence-electron chi connectivity index (χ0n) is 15.1. The Labute approximate surface area is 154 Å². The van der Waals surface area contributed by atoms with E-state index in [1.54, 1.807) is 45.0 Å². The highest BCUT2D eigenvalue weighted by Gasteiger charge is 2.17. The first-order chi connectivity index (χ1) is 12.8. The van der Waals surface area contributed by atoms with Gasteiger partial charge in [-0.3, -0.25) is 4.79 Å². The Morgan fingerprint density at radius 3 is 2.52 bits per heavy atom. The smallest absolute Gasteiger partial charge is 0.342 e. The second-order valence-corrected chi connectivity index (χ2v) is 6.01.